The minimum atomic E-state index is -0.325. The first kappa shape index (κ1) is 35.5. The Hall–Kier alpha value is -2.68. The van der Waals surface area contributed by atoms with Crippen molar-refractivity contribution < 1.29 is 10.2 Å². The highest BCUT2D eigenvalue weighted by molar-refractivity contribution is 5.38. The molecule has 0 aromatic rings. The Morgan fingerprint density at radius 3 is 1.86 bits per heavy atom. The van der Waals surface area contributed by atoms with Crippen LogP contribution in [0.4, 0.5) is 0 Å². The van der Waals surface area contributed by atoms with E-state index in [9.17, 15) is 10.2 Å². The van der Waals surface area contributed by atoms with Crippen LogP contribution in [0, 0.1) is 16.7 Å². The summed E-state index contributed by atoms with van der Waals surface area (Å²) in [5.74, 6) is 0.357. The van der Waals surface area contributed by atoms with Gasteiger partial charge in [0.15, 0.2) is 0 Å². The number of rotatable bonds is 11. The van der Waals surface area contributed by atoms with Gasteiger partial charge < -0.3 is 10.2 Å². The van der Waals surface area contributed by atoms with Crippen molar-refractivity contribution >= 4 is 0 Å². The van der Waals surface area contributed by atoms with Gasteiger partial charge in [0.05, 0.1) is 12.2 Å². The molecule has 2 aliphatic rings. The van der Waals surface area contributed by atoms with Gasteiger partial charge in [-0.3, -0.25) is 0 Å². The molecule has 2 aliphatic carbocycles. The van der Waals surface area contributed by atoms with E-state index in [0.29, 0.717) is 5.92 Å². The Balaban J connectivity index is 1.83. The molecule has 0 aromatic carbocycles. The number of allylic oxidation sites excluding steroid dienone is 18. The molecule has 0 bridgehead atoms. The number of unbranched alkanes of at least 4 members (excludes halogenated alkanes) is 1. The van der Waals surface area contributed by atoms with Crippen molar-refractivity contribution in [3.63, 3.8) is 0 Å². The average molecular weight is 571 g/mol. The monoisotopic (exact) mass is 570 g/mol. The van der Waals surface area contributed by atoms with Crippen LogP contribution in [0.25, 0.3) is 0 Å². The Morgan fingerprint density at radius 2 is 1.33 bits per heavy atom. The summed E-state index contributed by atoms with van der Waals surface area (Å²) in [6, 6.07) is 0. The maximum Gasteiger partial charge on any atom is 0.0729 e. The molecule has 0 aliphatic heterocycles. The smallest absolute Gasteiger partial charge is 0.0729 e. The molecule has 2 nitrogen and oxygen atoms in total. The molecule has 230 valence electrons. The van der Waals surface area contributed by atoms with E-state index in [-0.39, 0.29) is 23.0 Å². The minimum absolute atomic E-state index is 0.0129. The predicted octanol–water partition coefficient (Wildman–Crippen LogP) is 10.6. The van der Waals surface area contributed by atoms with Gasteiger partial charge in [-0.05, 0) is 90.0 Å². The van der Waals surface area contributed by atoms with Crippen LogP contribution in [0.1, 0.15) is 101 Å². The zero-order chi connectivity index (χ0) is 31.5. The molecule has 0 spiro atoms. The van der Waals surface area contributed by atoms with Crippen LogP contribution < -0.4 is 0 Å². The quantitative estimate of drug-likeness (QED) is 0.147. The molecule has 0 amide bonds. The SMILES string of the molecule is CC1=CC(O)CC(C)(C)C1/C=C/C(C)=C/C=C/C(C)=C/CC/C=C(C)/C=C/C=C(C)/C=C/C1=C(C)CC(O)CC1(C)C. The lowest BCUT2D eigenvalue weighted by atomic mass is 9.67. The van der Waals surface area contributed by atoms with Crippen molar-refractivity contribution in [3.8, 4) is 0 Å². The van der Waals surface area contributed by atoms with E-state index in [0.717, 1.165) is 32.1 Å². The van der Waals surface area contributed by atoms with E-state index < -0.39 is 0 Å². The third kappa shape index (κ3) is 11.9. The van der Waals surface area contributed by atoms with Gasteiger partial charge in [0.2, 0.25) is 0 Å². The molecule has 0 radical (unpaired) electrons. The second kappa shape index (κ2) is 16.2. The van der Waals surface area contributed by atoms with Crippen molar-refractivity contribution in [2.45, 2.75) is 114 Å². The fraction of sp³-hybridized carbons (Fsp3) is 0.500. The largest absolute Gasteiger partial charge is 0.393 e. The molecule has 0 aromatic heterocycles. The summed E-state index contributed by atoms with van der Waals surface area (Å²) < 4.78 is 0. The maximum atomic E-state index is 10.1. The summed E-state index contributed by atoms with van der Waals surface area (Å²) in [4.78, 5) is 0. The normalized spacial score (nSPS) is 26.4. The molecule has 3 unspecified atom stereocenters. The molecule has 2 heteroatoms. The van der Waals surface area contributed by atoms with Crippen molar-refractivity contribution in [3.05, 3.63) is 118 Å². The molecular formula is C40H58O2. The van der Waals surface area contributed by atoms with Crippen LogP contribution in [0.5, 0.6) is 0 Å². The standard InChI is InChI=1S/C40H58O2/c1-29(17-13-19-31(3)21-23-37-33(5)25-35(41)27-39(37,7)8)15-11-12-16-30(2)18-14-20-32(4)22-24-38-34(6)26-36(42)28-40(38,9)10/h13-25,35-37,41-42H,11-12,26-28H2,1-10H3/b17-13+,18-14+,23-21+,24-22+,29-15+,30-16+,31-19+,32-20+. The van der Waals surface area contributed by atoms with E-state index in [1.165, 1.54) is 39.0 Å². The topological polar surface area (TPSA) is 40.5 Å². The second-order valence-electron chi connectivity index (χ2n) is 14.0. The maximum absolute atomic E-state index is 10.1. The van der Waals surface area contributed by atoms with Gasteiger partial charge in [-0.1, -0.05) is 140 Å². The van der Waals surface area contributed by atoms with Gasteiger partial charge in [-0.2, -0.15) is 0 Å². The summed E-state index contributed by atoms with van der Waals surface area (Å²) >= 11 is 0. The first-order valence-electron chi connectivity index (χ1n) is 15.7. The van der Waals surface area contributed by atoms with E-state index in [4.69, 9.17) is 0 Å². The lowest BCUT2D eigenvalue weighted by Gasteiger charge is -2.38. The van der Waals surface area contributed by atoms with Gasteiger partial charge >= 0.3 is 0 Å². The number of aliphatic hydroxyl groups excluding tert-OH is 2. The van der Waals surface area contributed by atoms with E-state index in [2.05, 4.69) is 142 Å². The third-order valence-corrected chi connectivity index (χ3v) is 8.60. The third-order valence-electron chi connectivity index (χ3n) is 8.60. The first-order chi connectivity index (χ1) is 19.6. The van der Waals surface area contributed by atoms with Gasteiger partial charge in [-0.25, -0.2) is 0 Å². The average Bonchev–Trinajstić information content (AvgIpc) is 2.84. The zero-order valence-corrected chi connectivity index (χ0v) is 28.2. The lowest BCUT2D eigenvalue weighted by molar-refractivity contribution is 0.116. The van der Waals surface area contributed by atoms with Crippen molar-refractivity contribution in [1.82, 2.24) is 0 Å². The molecule has 0 saturated carbocycles. The van der Waals surface area contributed by atoms with Crippen LogP contribution >= 0.6 is 0 Å². The Morgan fingerprint density at radius 1 is 0.786 bits per heavy atom. The molecule has 0 saturated heterocycles. The molecule has 2 rings (SSSR count). The summed E-state index contributed by atoms with van der Waals surface area (Å²) in [5.41, 5.74) is 8.98. The summed E-state index contributed by atoms with van der Waals surface area (Å²) in [5, 5.41) is 20.2. The molecule has 3 atom stereocenters. The van der Waals surface area contributed by atoms with Gasteiger partial charge in [0, 0.05) is 5.92 Å². The van der Waals surface area contributed by atoms with Crippen LogP contribution in [0.2, 0.25) is 0 Å². The van der Waals surface area contributed by atoms with Gasteiger partial charge in [0.25, 0.3) is 0 Å². The first-order valence-corrected chi connectivity index (χ1v) is 15.7. The van der Waals surface area contributed by atoms with Crippen LogP contribution in [-0.2, 0) is 0 Å². The molecule has 0 heterocycles. The van der Waals surface area contributed by atoms with Crippen molar-refractivity contribution in [1.29, 1.82) is 0 Å². The summed E-state index contributed by atoms with van der Waals surface area (Å²) in [6.45, 7) is 21.8. The zero-order valence-electron chi connectivity index (χ0n) is 28.2. The van der Waals surface area contributed by atoms with Crippen LogP contribution in [0.15, 0.2) is 118 Å². The molecular weight excluding hydrogens is 512 g/mol. The van der Waals surface area contributed by atoms with Crippen LogP contribution in [-0.4, -0.2) is 22.4 Å². The minimum Gasteiger partial charge on any atom is -0.393 e. The number of aliphatic hydroxyl groups is 2. The van der Waals surface area contributed by atoms with Crippen LogP contribution in [0.3, 0.4) is 0 Å². The fourth-order valence-corrected chi connectivity index (χ4v) is 6.38. The highest BCUT2D eigenvalue weighted by atomic mass is 16.3. The summed E-state index contributed by atoms with van der Waals surface area (Å²) in [6.07, 6.45) is 32.4. The highest BCUT2D eigenvalue weighted by Crippen LogP contribution is 2.42. The second-order valence-corrected chi connectivity index (χ2v) is 14.0. The molecule has 2 N–H and O–H groups in total. The van der Waals surface area contributed by atoms with Gasteiger partial charge in [0.1, 0.15) is 0 Å². The van der Waals surface area contributed by atoms with E-state index in [1.807, 2.05) is 6.08 Å². The Bertz CT molecular complexity index is 1230. The fourth-order valence-electron chi connectivity index (χ4n) is 6.38. The Kier molecular flexibility index (Phi) is 13.7. The van der Waals surface area contributed by atoms with Crippen molar-refractivity contribution in [2.75, 3.05) is 0 Å². The van der Waals surface area contributed by atoms with E-state index in [1.54, 1.807) is 0 Å². The van der Waals surface area contributed by atoms with Crippen molar-refractivity contribution in [2.24, 2.45) is 16.7 Å². The Labute approximate surface area is 258 Å². The number of hydrogen-bond donors (Lipinski definition) is 2. The molecule has 0 fully saturated rings. The summed E-state index contributed by atoms with van der Waals surface area (Å²) in [7, 11) is 0. The van der Waals surface area contributed by atoms with Gasteiger partial charge in [-0.15, -0.1) is 0 Å². The highest BCUT2D eigenvalue weighted by Gasteiger charge is 2.34. The lowest BCUT2D eigenvalue weighted by Crippen LogP contribution is -2.32. The molecule has 42 heavy (non-hydrogen) atoms. The van der Waals surface area contributed by atoms with E-state index >= 15 is 0 Å². The predicted molar refractivity (Wildman–Crippen MR) is 184 cm³/mol. The number of hydrogen-bond acceptors (Lipinski definition) is 2.